The lowest BCUT2D eigenvalue weighted by Gasteiger charge is -2.07. The van der Waals surface area contributed by atoms with Gasteiger partial charge in [-0.1, -0.05) is 23.2 Å². The van der Waals surface area contributed by atoms with Crippen molar-refractivity contribution >= 4 is 52.1 Å². The summed E-state index contributed by atoms with van der Waals surface area (Å²) in [6.45, 7) is 0. The van der Waals surface area contributed by atoms with Crippen molar-refractivity contribution < 1.29 is 14.5 Å². The first kappa shape index (κ1) is 16.7. The van der Waals surface area contributed by atoms with E-state index in [-0.39, 0.29) is 16.4 Å². The van der Waals surface area contributed by atoms with E-state index in [0.717, 1.165) is 0 Å². The lowest BCUT2D eigenvalue weighted by molar-refractivity contribution is -0.384. The van der Waals surface area contributed by atoms with E-state index >= 15 is 0 Å². The summed E-state index contributed by atoms with van der Waals surface area (Å²) in [4.78, 5) is 33.5. The molecule has 0 fully saturated rings. The standard InChI is InChI=1S/C14H9Cl2N3O4/c15-11-6-3-9(7-12(11)16)18-14(21)13(20)17-8-1-4-10(5-2-8)19(22)23/h1-7H,(H,17,20)(H,18,21). The molecule has 23 heavy (non-hydrogen) atoms. The van der Waals surface area contributed by atoms with E-state index in [1.54, 1.807) is 0 Å². The predicted octanol–water partition coefficient (Wildman–Crippen LogP) is 3.48. The fraction of sp³-hybridized carbons (Fsp3) is 0. The zero-order chi connectivity index (χ0) is 17.0. The maximum atomic E-state index is 11.8. The molecule has 118 valence electrons. The monoisotopic (exact) mass is 353 g/mol. The molecule has 2 amide bonds. The van der Waals surface area contributed by atoms with Crippen molar-refractivity contribution in [2.45, 2.75) is 0 Å². The average molecular weight is 354 g/mol. The summed E-state index contributed by atoms with van der Waals surface area (Å²) < 4.78 is 0. The Morgan fingerprint density at radius 3 is 1.91 bits per heavy atom. The van der Waals surface area contributed by atoms with Gasteiger partial charge < -0.3 is 10.6 Å². The molecule has 0 bridgehead atoms. The van der Waals surface area contributed by atoms with Gasteiger partial charge >= 0.3 is 11.8 Å². The molecule has 0 radical (unpaired) electrons. The Hall–Kier alpha value is -2.64. The molecule has 0 unspecified atom stereocenters. The number of hydrogen-bond acceptors (Lipinski definition) is 4. The van der Waals surface area contributed by atoms with Crippen molar-refractivity contribution in [2.75, 3.05) is 10.6 Å². The summed E-state index contributed by atoms with van der Waals surface area (Å²) in [5.41, 5.74) is 0.441. The zero-order valence-corrected chi connectivity index (χ0v) is 12.9. The maximum absolute atomic E-state index is 11.8. The molecular weight excluding hydrogens is 345 g/mol. The Kier molecular flexibility index (Phi) is 5.15. The van der Waals surface area contributed by atoms with Crippen LogP contribution in [0.4, 0.5) is 17.1 Å². The molecule has 0 heterocycles. The molecule has 2 aromatic rings. The van der Waals surface area contributed by atoms with E-state index in [2.05, 4.69) is 10.6 Å². The minimum Gasteiger partial charge on any atom is -0.318 e. The Labute approximate surface area is 140 Å². The second-order valence-corrected chi connectivity index (χ2v) is 5.16. The molecule has 2 aromatic carbocycles. The van der Waals surface area contributed by atoms with Crippen LogP contribution in [0, 0.1) is 10.1 Å². The van der Waals surface area contributed by atoms with Gasteiger partial charge in [0.1, 0.15) is 0 Å². The summed E-state index contributed by atoms with van der Waals surface area (Å²) in [7, 11) is 0. The van der Waals surface area contributed by atoms with Crippen molar-refractivity contribution in [1.29, 1.82) is 0 Å². The Bertz CT molecular complexity index is 778. The number of nitro groups is 1. The molecule has 0 aliphatic heterocycles. The van der Waals surface area contributed by atoms with Gasteiger partial charge in [0, 0.05) is 23.5 Å². The molecule has 0 aliphatic rings. The van der Waals surface area contributed by atoms with Gasteiger partial charge in [-0.25, -0.2) is 0 Å². The molecular formula is C14H9Cl2N3O4. The van der Waals surface area contributed by atoms with Gasteiger partial charge in [0.15, 0.2) is 0 Å². The number of non-ortho nitro benzene ring substituents is 1. The molecule has 0 spiro atoms. The second kappa shape index (κ2) is 7.08. The van der Waals surface area contributed by atoms with E-state index in [4.69, 9.17) is 23.2 Å². The summed E-state index contributed by atoms with van der Waals surface area (Å²) >= 11 is 11.6. The number of carbonyl (C=O) groups excluding carboxylic acids is 2. The minimum atomic E-state index is -0.926. The average Bonchev–Trinajstić information content (AvgIpc) is 2.51. The summed E-state index contributed by atoms with van der Waals surface area (Å²) in [6.07, 6.45) is 0. The molecule has 9 heteroatoms. The van der Waals surface area contributed by atoms with Crippen LogP contribution >= 0.6 is 23.2 Å². The third kappa shape index (κ3) is 4.41. The number of amides is 2. The first-order valence-electron chi connectivity index (χ1n) is 6.18. The number of hydrogen-bond donors (Lipinski definition) is 2. The molecule has 2 N–H and O–H groups in total. The van der Waals surface area contributed by atoms with Crippen LogP contribution in [0.2, 0.25) is 10.0 Å². The van der Waals surface area contributed by atoms with Gasteiger partial charge in [0.2, 0.25) is 0 Å². The molecule has 0 saturated carbocycles. The van der Waals surface area contributed by atoms with Crippen molar-refractivity contribution in [3.63, 3.8) is 0 Å². The molecule has 2 rings (SSSR count). The van der Waals surface area contributed by atoms with Crippen LogP contribution in [0.15, 0.2) is 42.5 Å². The molecule has 0 saturated heterocycles. The van der Waals surface area contributed by atoms with Crippen LogP contribution in [-0.2, 0) is 9.59 Å². The van der Waals surface area contributed by atoms with E-state index in [9.17, 15) is 19.7 Å². The number of rotatable bonds is 3. The highest BCUT2D eigenvalue weighted by Crippen LogP contribution is 2.25. The highest BCUT2D eigenvalue weighted by atomic mass is 35.5. The predicted molar refractivity (Wildman–Crippen MR) is 86.8 cm³/mol. The lowest BCUT2D eigenvalue weighted by Crippen LogP contribution is -2.29. The largest absolute Gasteiger partial charge is 0.318 e. The van der Waals surface area contributed by atoms with Crippen LogP contribution < -0.4 is 10.6 Å². The quantitative estimate of drug-likeness (QED) is 0.500. The molecule has 0 aliphatic carbocycles. The van der Waals surface area contributed by atoms with Gasteiger partial charge in [0.25, 0.3) is 5.69 Å². The topological polar surface area (TPSA) is 101 Å². The SMILES string of the molecule is O=C(Nc1ccc([N+](=O)[O-])cc1)C(=O)Nc1ccc(Cl)c(Cl)c1. The maximum Gasteiger partial charge on any atom is 0.314 e. The van der Waals surface area contributed by atoms with Gasteiger partial charge in [-0.05, 0) is 30.3 Å². The van der Waals surface area contributed by atoms with E-state index in [1.807, 2.05) is 0 Å². The van der Waals surface area contributed by atoms with Crippen molar-refractivity contribution in [2.24, 2.45) is 0 Å². The number of nitrogens with one attached hydrogen (secondary N) is 2. The first-order chi connectivity index (χ1) is 10.9. The van der Waals surface area contributed by atoms with E-state index < -0.39 is 16.7 Å². The fourth-order valence-corrected chi connectivity index (χ4v) is 1.91. The molecule has 7 nitrogen and oxygen atoms in total. The van der Waals surface area contributed by atoms with Crippen molar-refractivity contribution in [3.05, 3.63) is 62.6 Å². The summed E-state index contributed by atoms with van der Waals surface area (Å²) in [5.74, 6) is -1.84. The van der Waals surface area contributed by atoms with Gasteiger partial charge in [-0.2, -0.15) is 0 Å². The number of halogens is 2. The Morgan fingerprint density at radius 2 is 1.39 bits per heavy atom. The van der Waals surface area contributed by atoms with Crippen LogP contribution in [0.25, 0.3) is 0 Å². The number of nitro benzene ring substituents is 1. The summed E-state index contributed by atoms with van der Waals surface area (Å²) in [6, 6.07) is 9.45. The third-order valence-electron chi connectivity index (χ3n) is 2.72. The van der Waals surface area contributed by atoms with Crippen LogP contribution in [0.1, 0.15) is 0 Å². The number of benzene rings is 2. The van der Waals surface area contributed by atoms with Gasteiger partial charge in [-0.3, -0.25) is 19.7 Å². The highest BCUT2D eigenvalue weighted by molar-refractivity contribution is 6.44. The highest BCUT2D eigenvalue weighted by Gasteiger charge is 2.15. The van der Waals surface area contributed by atoms with Crippen molar-refractivity contribution in [1.82, 2.24) is 0 Å². The fourth-order valence-electron chi connectivity index (χ4n) is 1.62. The molecule has 0 atom stereocenters. The normalized spacial score (nSPS) is 10.0. The first-order valence-corrected chi connectivity index (χ1v) is 6.94. The van der Waals surface area contributed by atoms with Crippen LogP contribution in [0.3, 0.4) is 0 Å². The number of anilines is 2. The number of carbonyl (C=O) groups is 2. The second-order valence-electron chi connectivity index (χ2n) is 4.34. The smallest absolute Gasteiger partial charge is 0.314 e. The lowest BCUT2D eigenvalue weighted by atomic mass is 10.3. The molecule has 0 aromatic heterocycles. The summed E-state index contributed by atoms with van der Waals surface area (Å²) in [5, 5.41) is 15.8. The zero-order valence-electron chi connectivity index (χ0n) is 11.4. The van der Waals surface area contributed by atoms with E-state index in [1.165, 1.54) is 42.5 Å². The van der Waals surface area contributed by atoms with Crippen LogP contribution in [0.5, 0.6) is 0 Å². The van der Waals surface area contributed by atoms with Crippen LogP contribution in [-0.4, -0.2) is 16.7 Å². The van der Waals surface area contributed by atoms with Crippen molar-refractivity contribution in [3.8, 4) is 0 Å². The van der Waals surface area contributed by atoms with Gasteiger partial charge in [-0.15, -0.1) is 0 Å². The number of nitrogens with zero attached hydrogens (tertiary/aromatic N) is 1. The van der Waals surface area contributed by atoms with Gasteiger partial charge in [0.05, 0.1) is 15.0 Å². The Balaban J connectivity index is 2.00. The Morgan fingerprint density at radius 1 is 0.870 bits per heavy atom. The van der Waals surface area contributed by atoms with E-state index in [0.29, 0.717) is 10.7 Å². The third-order valence-corrected chi connectivity index (χ3v) is 3.46. The minimum absolute atomic E-state index is 0.122.